The lowest BCUT2D eigenvalue weighted by molar-refractivity contribution is 0.572. The van der Waals surface area contributed by atoms with E-state index in [1.807, 2.05) is 6.07 Å². The third-order valence-electron chi connectivity index (χ3n) is 1.96. The Hall–Kier alpha value is -1.22. The second-order valence-electron chi connectivity index (χ2n) is 4.15. The Labute approximate surface area is 91.7 Å². The van der Waals surface area contributed by atoms with E-state index in [0.717, 1.165) is 18.8 Å². The molecule has 0 amide bonds. The largest absolute Gasteiger partial charge is 0.313 e. The molecule has 1 heterocycles. The quantitative estimate of drug-likeness (QED) is 0.800. The Morgan fingerprint density at radius 1 is 1.53 bits per heavy atom. The summed E-state index contributed by atoms with van der Waals surface area (Å²) in [5.74, 6) is 0.692. The average Bonchev–Trinajstić information content (AvgIpc) is 2.18. The molecule has 0 bridgehead atoms. The van der Waals surface area contributed by atoms with Gasteiger partial charge >= 0.3 is 0 Å². The lowest BCUT2D eigenvalue weighted by atomic mass is 10.2. The molecule has 0 spiro atoms. The molecule has 3 heteroatoms. The highest BCUT2D eigenvalue weighted by molar-refractivity contribution is 5.47. The van der Waals surface area contributed by atoms with Crippen LogP contribution >= 0.6 is 0 Å². The van der Waals surface area contributed by atoms with Crippen LogP contribution in [-0.4, -0.2) is 23.1 Å². The highest BCUT2D eigenvalue weighted by Gasteiger charge is 1.94. The van der Waals surface area contributed by atoms with E-state index in [4.69, 9.17) is 0 Å². The maximum atomic E-state index is 4.15. The summed E-state index contributed by atoms with van der Waals surface area (Å²) in [5.41, 5.74) is 2.25. The third-order valence-corrected chi connectivity index (χ3v) is 1.96. The first-order valence-electron chi connectivity index (χ1n) is 5.32. The fourth-order valence-electron chi connectivity index (χ4n) is 1.25. The monoisotopic (exact) mass is 205 g/mol. The minimum Gasteiger partial charge on any atom is -0.313 e. The summed E-state index contributed by atoms with van der Waals surface area (Å²) in [6.07, 6.45) is 5.41. The van der Waals surface area contributed by atoms with Crippen molar-refractivity contribution < 1.29 is 0 Å². The highest BCUT2D eigenvalue weighted by Crippen LogP contribution is 2.01. The van der Waals surface area contributed by atoms with E-state index in [1.54, 1.807) is 12.5 Å². The fraction of sp³-hybridized carbons (Fsp3) is 0.500. The van der Waals surface area contributed by atoms with Gasteiger partial charge in [-0.05, 0) is 31.5 Å². The van der Waals surface area contributed by atoms with Crippen LogP contribution in [0.4, 0.5) is 0 Å². The third kappa shape index (κ3) is 5.27. The van der Waals surface area contributed by atoms with Crippen molar-refractivity contribution >= 4 is 6.08 Å². The van der Waals surface area contributed by atoms with Crippen LogP contribution in [0.3, 0.4) is 0 Å². The molecule has 0 aromatic carbocycles. The summed E-state index contributed by atoms with van der Waals surface area (Å²) in [5, 5.41) is 3.39. The van der Waals surface area contributed by atoms with E-state index in [0.29, 0.717) is 5.92 Å². The van der Waals surface area contributed by atoms with E-state index < -0.39 is 0 Å². The van der Waals surface area contributed by atoms with Crippen molar-refractivity contribution in [3.05, 3.63) is 29.9 Å². The number of nitrogens with one attached hydrogen (secondary N) is 1. The molecule has 0 aliphatic rings. The molecule has 0 unspecified atom stereocenters. The Morgan fingerprint density at radius 2 is 2.33 bits per heavy atom. The maximum Gasteiger partial charge on any atom is 0.115 e. The number of hydrogen-bond donors (Lipinski definition) is 1. The number of nitrogens with zero attached hydrogens (tertiary/aromatic N) is 2. The van der Waals surface area contributed by atoms with Crippen LogP contribution in [-0.2, 0) is 0 Å². The normalized spacial score (nSPS) is 12.1. The van der Waals surface area contributed by atoms with Gasteiger partial charge in [0, 0.05) is 12.7 Å². The molecule has 1 rings (SSSR count). The molecule has 1 aromatic rings. The van der Waals surface area contributed by atoms with Crippen molar-refractivity contribution in [1.82, 2.24) is 15.3 Å². The molecule has 0 aliphatic heterocycles. The average molecular weight is 205 g/mol. The molecule has 0 saturated carbocycles. The predicted molar refractivity (Wildman–Crippen MR) is 63.4 cm³/mol. The standard InChI is InChI=1S/C12H19N3/c1-10(2)7-14-8-11(3)6-12-4-5-13-9-15-12/h4-6,9-10,14H,7-8H2,1-3H3. The van der Waals surface area contributed by atoms with Crippen molar-refractivity contribution in [2.75, 3.05) is 13.1 Å². The van der Waals surface area contributed by atoms with Crippen molar-refractivity contribution in [2.45, 2.75) is 20.8 Å². The van der Waals surface area contributed by atoms with E-state index in [-0.39, 0.29) is 0 Å². The number of hydrogen-bond acceptors (Lipinski definition) is 3. The smallest absolute Gasteiger partial charge is 0.115 e. The fourth-order valence-corrected chi connectivity index (χ4v) is 1.25. The molecule has 82 valence electrons. The first-order valence-corrected chi connectivity index (χ1v) is 5.32. The minimum atomic E-state index is 0.692. The predicted octanol–water partition coefficient (Wildman–Crippen LogP) is 2.13. The summed E-state index contributed by atoms with van der Waals surface area (Å²) >= 11 is 0. The first-order chi connectivity index (χ1) is 7.18. The van der Waals surface area contributed by atoms with E-state index in [2.05, 4.69) is 42.1 Å². The molecule has 0 saturated heterocycles. The van der Waals surface area contributed by atoms with Crippen molar-refractivity contribution in [2.24, 2.45) is 5.92 Å². The summed E-state index contributed by atoms with van der Waals surface area (Å²) in [6.45, 7) is 8.49. The minimum absolute atomic E-state index is 0.692. The van der Waals surface area contributed by atoms with E-state index >= 15 is 0 Å². The molecule has 0 radical (unpaired) electrons. The van der Waals surface area contributed by atoms with Crippen LogP contribution in [0.15, 0.2) is 24.2 Å². The summed E-state index contributed by atoms with van der Waals surface area (Å²) < 4.78 is 0. The van der Waals surface area contributed by atoms with Gasteiger partial charge in [-0.25, -0.2) is 9.97 Å². The molecule has 1 aromatic heterocycles. The van der Waals surface area contributed by atoms with Crippen LogP contribution < -0.4 is 5.32 Å². The summed E-state index contributed by atoms with van der Waals surface area (Å²) in [7, 11) is 0. The lowest BCUT2D eigenvalue weighted by Gasteiger charge is -2.07. The molecular weight excluding hydrogens is 186 g/mol. The molecule has 0 fully saturated rings. The number of aromatic nitrogens is 2. The molecule has 0 atom stereocenters. The molecule has 1 N–H and O–H groups in total. The van der Waals surface area contributed by atoms with Crippen LogP contribution in [0.2, 0.25) is 0 Å². The van der Waals surface area contributed by atoms with E-state index in [1.165, 1.54) is 5.57 Å². The van der Waals surface area contributed by atoms with Gasteiger partial charge in [0.25, 0.3) is 0 Å². The van der Waals surface area contributed by atoms with Crippen molar-refractivity contribution in [1.29, 1.82) is 0 Å². The lowest BCUT2D eigenvalue weighted by Crippen LogP contribution is -2.21. The van der Waals surface area contributed by atoms with Gasteiger partial charge in [-0.15, -0.1) is 0 Å². The molecule has 0 aliphatic carbocycles. The second kappa shape index (κ2) is 6.30. The number of rotatable bonds is 5. The molecular formula is C12H19N3. The molecule has 15 heavy (non-hydrogen) atoms. The van der Waals surface area contributed by atoms with Crippen molar-refractivity contribution in [3.63, 3.8) is 0 Å². The van der Waals surface area contributed by atoms with Gasteiger partial charge in [-0.3, -0.25) is 0 Å². The molecule has 3 nitrogen and oxygen atoms in total. The Kier molecular flexibility index (Phi) is 4.98. The zero-order chi connectivity index (χ0) is 11.1. The van der Waals surface area contributed by atoms with Crippen LogP contribution in [0.5, 0.6) is 0 Å². The summed E-state index contributed by atoms with van der Waals surface area (Å²) in [6, 6.07) is 1.91. The van der Waals surface area contributed by atoms with Gasteiger partial charge in [-0.2, -0.15) is 0 Å². The highest BCUT2D eigenvalue weighted by atomic mass is 14.9. The van der Waals surface area contributed by atoms with Gasteiger partial charge in [-0.1, -0.05) is 19.4 Å². The topological polar surface area (TPSA) is 37.8 Å². The van der Waals surface area contributed by atoms with Crippen LogP contribution in [0, 0.1) is 5.92 Å². The Morgan fingerprint density at radius 3 is 2.93 bits per heavy atom. The van der Waals surface area contributed by atoms with Gasteiger partial charge < -0.3 is 5.32 Å². The van der Waals surface area contributed by atoms with Crippen LogP contribution in [0.25, 0.3) is 6.08 Å². The maximum absolute atomic E-state index is 4.15. The van der Waals surface area contributed by atoms with Gasteiger partial charge in [0.15, 0.2) is 0 Å². The Balaban J connectivity index is 2.40. The van der Waals surface area contributed by atoms with Gasteiger partial charge in [0.05, 0.1) is 5.69 Å². The zero-order valence-corrected chi connectivity index (χ0v) is 9.70. The summed E-state index contributed by atoms with van der Waals surface area (Å²) in [4.78, 5) is 8.03. The van der Waals surface area contributed by atoms with E-state index in [9.17, 15) is 0 Å². The van der Waals surface area contributed by atoms with Gasteiger partial charge in [0.1, 0.15) is 6.33 Å². The zero-order valence-electron chi connectivity index (χ0n) is 9.70. The van der Waals surface area contributed by atoms with Crippen LogP contribution in [0.1, 0.15) is 26.5 Å². The SMILES string of the molecule is CC(=Cc1ccncn1)CNCC(C)C. The first kappa shape index (κ1) is 11.9. The Bertz CT molecular complexity index is 304. The second-order valence-corrected chi connectivity index (χ2v) is 4.15. The van der Waals surface area contributed by atoms with Crippen molar-refractivity contribution in [3.8, 4) is 0 Å². The van der Waals surface area contributed by atoms with Gasteiger partial charge in [0.2, 0.25) is 0 Å².